The Morgan fingerprint density at radius 2 is 1.79 bits per heavy atom. The number of urea groups is 1. The summed E-state index contributed by atoms with van der Waals surface area (Å²) < 4.78 is 11.4. The van der Waals surface area contributed by atoms with Crippen LogP contribution in [-0.2, 0) is 16.1 Å². The van der Waals surface area contributed by atoms with Crippen molar-refractivity contribution in [2.24, 2.45) is 0 Å². The number of nitrogens with one attached hydrogen (secondary N) is 2. The predicted molar refractivity (Wildman–Crippen MR) is 126 cm³/mol. The van der Waals surface area contributed by atoms with Crippen molar-refractivity contribution < 1.29 is 19.1 Å². The van der Waals surface area contributed by atoms with E-state index in [4.69, 9.17) is 21.1 Å². The Balaban J connectivity index is 1.68. The summed E-state index contributed by atoms with van der Waals surface area (Å²) in [6.45, 7) is -0.0392. The zero-order chi connectivity index (χ0) is 23.9. The Labute approximate surface area is 201 Å². The van der Waals surface area contributed by atoms with Crippen LogP contribution >= 0.6 is 11.6 Å². The number of rotatable bonds is 7. The first-order valence-electron chi connectivity index (χ1n) is 10.4. The van der Waals surface area contributed by atoms with Crippen molar-refractivity contribution in [3.8, 4) is 11.8 Å². The molecular formula is C26H20ClN3O4. The molecule has 1 unspecified atom stereocenters. The van der Waals surface area contributed by atoms with Crippen LogP contribution < -0.4 is 15.4 Å². The normalized spacial score (nSPS) is 15.1. The van der Waals surface area contributed by atoms with Crippen molar-refractivity contribution in [3.05, 3.63) is 112 Å². The summed E-state index contributed by atoms with van der Waals surface area (Å²) in [5, 5.41) is 15.2. The maximum absolute atomic E-state index is 13.3. The Morgan fingerprint density at radius 1 is 1.00 bits per heavy atom. The topological polar surface area (TPSA) is 100 Å². The lowest BCUT2D eigenvalue weighted by atomic mass is 9.94. The van der Waals surface area contributed by atoms with Gasteiger partial charge in [-0.15, -0.1) is 0 Å². The lowest BCUT2D eigenvalue weighted by Crippen LogP contribution is -2.47. The number of ether oxygens (including phenoxy) is 2. The molecule has 3 aromatic rings. The summed E-state index contributed by atoms with van der Waals surface area (Å²) >= 11 is 6.03. The second kappa shape index (κ2) is 10.6. The van der Waals surface area contributed by atoms with Crippen LogP contribution in [0.2, 0.25) is 5.02 Å². The molecule has 0 saturated heterocycles. The van der Waals surface area contributed by atoms with Crippen LogP contribution in [0, 0.1) is 11.3 Å². The molecule has 0 aliphatic carbocycles. The highest BCUT2D eigenvalue weighted by molar-refractivity contribution is 6.30. The largest absolute Gasteiger partial charge is 0.487 e. The maximum atomic E-state index is 13.3. The minimum Gasteiger partial charge on any atom is -0.487 e. The van der Waals surface area contributed by atoms with Gasteiger partial charge >= 0.3 is 12.0 Å². The first-order valence-corrected chi connectivity index (χ1v) is 10.8. The lowest BCUT2D eigenvalue weighted by molar-refractivity contribution is -0.140. The van der Waals surface area contributed by atoms with Gasteiger partial charge in [0.2, 0.25) is 0 Å². The molecule has 1 atom stereocenters. The van der Waals surface area contributed by atoms with E-state index in [1.54, 1.807) is 48.5 Å². The molecule has 170 valence electrons. The summed E-state index contributed by atoms with van der Waals surface area (Å²) in [5.74, 6) is -0.138. The highest BCUT2D eigenvalue weighted by atomic mass is 35.5. The molecule has 1 heterocycles. The van der Waals surface area contributed by atoms with Crippen molar-refractivity contribution >= 4 is 23.6 Å². The first-order chi connectivity index (χ1) is 16.5. The van der Waals surface area contributed by atoms with Gasteiger partial charge in [0.05, 0.1) is 28.9 Å². The van der Waals surface area contributed by atoms with Crippen molar-refractivity contribution in [1.29, 1.82) is 5.26 Å². The minimum absolute atomic E-state index is 0.0600. The minimum atomic E-state index is -0.830. The van der Waals surface area contributed by atoms with Crippen LogP contribution in [0.4, 0.5) is 4.79 Å². The van der Waals surface area contributed by atoms with Gasteiger partial charge in [-0.3, -0.25) is 0 Å². The molecule has 8 heteroatoms. The van der Waals surface area contributed by atoms with Gasteiger partial charge in [0.1, 0.15) is 19.0 Å². The Kier molecular flexibility index (Phi) is 7.11. The number of nitrogens with zero attached hydrogens (tertiary/aromatic N) is 1. The van der Waals surface area contributed by atoms with E-state index >= 15 is 0 Å². The van der Waals surface area contributed by atoms with Crippen LogP contribution in [-0.4, -0.2) is 18.6 Å². The lowest BCUT2D eigenvalue weighted by Gasteiger charge is -2.29. The molecule has 0 aromatic heterocycles. The number of carbonyl (C=O) groups excluding carboxylic acids is 2. The smallest absolute Gasteiger partial charge is 0.338 e. The zero-order valence-electron chi connectivity index (χ0n) is 18.0. The molecule has 0 saturated carbocycles. The Bertz CT molecular complexity index is 1280. The van der Waals surface area contributed by atoms with E-state index in [1.807, 2.05) is 30.3 Å². The van der Waals surface area contributed by atoms with E-state index in [-0.39, 0.29) is 24.5 Å². The van der Waals surface area contributed by atoms with Gasteiger partial charge in [0.25, 0.3) is 0 Å². The second-order valence-corrected chi connectivity index (χ2v) is 7.91. The summed E-state index contributed by atoms with van der Waals surface area (Å²) in [5.41, 5.74) is 2.24. The summed E-state index contributed by atoms with van der Waals surface area (Å²) in [6.07, 6.45) is 0. The summed E-state index contributed by atoms with van der Waals surface area (Å²) in [4.78, 5) is 25.8. The molecular weight excluding hydrogens is 454 g/mol. The van der Waals surface area contributed by atoms with E-state index in [0.717, 1.165) is 5.56 Å². The van der Waals surface area contributed by atoms with Crippen LogP contribution in [0.1, 0.15) is 22.7 Å². The molecule has 1 aliphatic rings. The molecule has 4 rings (SSSR count). The molecule has 2 N–H and O–H groups in total. The third-order valence-corrected chi connectivity index (χ3v) is 5.35. The van der Waals surface area contributed by atoms with Gasteiger partial charge < -0.3 is 20.1 Å². The first kappa shape index (κ1) is 22.9. The highest BCUT2D eigenvalue weighted by Crippen LogP contribution is 2.29. The number of halogens is 1. The summed E-state index contributed by atoms with van der Waals surface area (Å²) in [6, 6.07) is 23.5. The van der Waals surface area contributed by atoms with E-state index in [9.17, 15) is 14.9 Å². The van der Waals surface area contributed by atoms with Crippen LogP contribution in [0.5, 0.6) is 5.75 Å². The van der Waals surface area contributed by atoms with Crippen LogP contribution in [0.15, 0.2) is 90.1 Å². The molecule has 1 aliphatic heterocycles. The molecule has 0 fully saturated rings. The number of hydrogen-bond donors (Lipinski definition) is 2. The highest BCUT2D eigenvalue weighted by Gasteiger charge is 2.34. The number of carbonyl (C=O) groups is 2. The third kappa shape index (κ3) is 5.55. The molecule has 3 aromatic carbocycles. The average Bonchev–Trinajstić information content (AvgIpc) is 2.86. The number of esters is 1. The molecule has 0 spiro atoms. The fourth-order valence-corrected chi connectivity index (χ4v) is 3.70. The fourth-order valence-electron chi connectivity index (χ4n) is 3.52. The van der Waals surface area contributed by atoms with Crippen molar-refractivity contribution in [2.75, 3.05) is 6.61 Å². The van der Waals surface area contributed by atoms with Gasteiger partial charge in [-0.2, -0.15) is 5.26 Å². The van der Waals surface area contributed by atoms with E-state index in [0.29, 0.717) is 21.9 Å². The maximum Gasteiger partial charge on any atom is 0.338 e. The van der Waals surface area contributed by atoms with Gasteiger partial charge in [-0.25, -0.2) is 9.59 Å². The zero-order valence-corrected chi connectivity index (χ0v) is 18.7. The quantitative estimate of drug-likeness (QED) is 0.487. The van der Waals surface area contributed by atoms with Gasteiger partial charge in [-0.1, -0.05) is 60.1 Å². The van der Waals surface area contributed by atoms with E-state index in [2.05, 4.69) is 16.7 Å². The van der Waals surface area contributed by atoms with Gasteiger partial charge in [0, 0.05) is 5.02 Å². The average molecular weight is 474 g/mol. The number of amides is 2. The standard InChI is InChI=1S/C26H20ClN3O4/c27-20-10-5-11-21(13-20)33-16-22-23(25(31)34-15-17-6-2-1-3-7-17)24(30-26(32)29-22)19-9-4-8-18(12-19)14-28/h1-13,24H,15-16H2,(H2,29,30,32). The molecule has 2 amide bonds. The Hall–Kier alpha value is -4.28. The number of nitriles is 1. The monoisotopic (exact) mass is 473 g/mol. The van der Waals surface area contributed by atoms with E-state index in [1.165, 1.54) is 0 Å². The van der Waals surface area contributed by atoms with Crippen molar-refractivity contribution in [3.63, 3.8) is 0 Å². The van der Waals surface area contributed by atoms with E-state index < -0.39 is 18.0 Å². The van der Waals surface area contributed by atoms with Crippen LogP contribution in [0.25, 0.3) is 0 Å². The third-order valence-electron chi connectivity index (χ3n) is 5.11. The Morgan fingerprint density at radius 3 is 2.56 bits per heavy atom. The molecule has 7 nitrogen and oxygen atoms in total. The molecule has 34 heavy (non-hydrogen) atoms. The molecule has 0 radical (unpaired) electrons. The van der Waals surface area contributed by atoms with Crippen LogP contribution in [0.3, 0.4) is 0 Å². The molecule has 0 bridgehead atoms. The second-order valence-electron chi connectivity index (χ2n) is 7.47. The van der Waals surface area contributed by atoms with Crippen molar-refractivity contribution in [1.82, 2.24) is 10.6 Å². The van der Waals surface area contributed by atoms with Crippen molar-refractivity contribution in [2.45, 2.75) is 12.6 Å². The SMILES string of the molecule is N#Cc1cccc(C2NC(=O)NC(COc3cccc(Cl)c3)=C2C(=O)OCc2ccccc2)c1. The number of hydrogen-bond acceptors (Lipinski definition) is 5. The predicted octanol–water partition coefficient (Wildman–Crippen LogP) is 4.64. The van der Waals surface area contributed by atoms with Gasteiger partial charge in [0.15, 0.2) is 0 Å². The summed E-state index contributed by atoms with van der Waals surface area (Å²) in [7, 11) is 0. The van der Waals surface area contributed by atoms with Gasteiger partial charge in [-0.05, 0) is 41.5 Å². The fraction of sp³-hybridized carbons (Fsp3) is 0.115. The number of benzene rings is 3.